The van der Waals surface area contributed by atoms with Crippen molar-refractivity contribution in [2.45, 2.75) is 13.3 Å². The number of ether oxygens (including phenoxy) is 1. The number of methoxy groups -OCH3 is 1. The van der Waals surface area contributed by atoms with E-state index < -0.39 is 0 Å². The fourth-order valence-corrected chi connectivity index (χ4v) is 2.03. The predicted molar refractivity (Wildman–Crippen MR) is 82.7 cm³/mol. The molecule has 0 aromatic heterocycles. The first-order valence-electron chi connectivity index (χ1n) is 7.08. The van der Waals surface area contributed by atoms with Gasteiger partial charge < -0.3 is 9.64 Å². The van der Waals surface area contributed by atoms with Crippen molar-refractivity contribution < 1.29 is 14.3 Å². The van der Waals surface area contributed by atoms with Gasteiger partial charge in [0.05, 0.1) is 25.8 Å². The third kappa shape index (κ3) is 5.19. The molecule has 0 unspecified atom stereocenters. The van der Waals surface area contributed by atoms with E-state index in [0.29, 0.717) is 17.9 Å². The molecule has 116 valence electrons. The van der Waals surface area contributed by atoms with E-state index in [1.165, 1.54) is 4.90 Å². The topological polar surface area (TPSA) is 49.9 Å². The molecule has 0 fully saturated rings. The van der Waals surface area contributed by atoms with Gasteiger partial charge in [-0.1, -0.05) is 19.1 Å². The maximum Gasteiger partial charge on any atom is 0.236 e. The lowest BCUT2D eigenvalue weighted by Crippen LogP contribution is -2.39. The van der Waals surface area contributed by atoms with Crippen LogP contribution in [0.1, 0.15) is 23.7 Å². The Morgan fingerprint density at radius 2 is 1.81 bits per heavy atom. The third-order valence-electron chi connectivity index (χ3n) is 3.17. The summed E-state index contributed by atoms with van der Waals surface area (Å²) in [5.41, 5.74) is 0.554. The van der Waals surface area contributed by atoms with E-state index in [-0.39, 0.29) is 24.8 Å². The van der Waals surface area contributed by atoms with Crippen molar-refractivity contribution in [1.29, 1.82) is 0 Å². The normalized spacial score (nSPS) is 10.5. The monoisotopic (exact) mass is 292 g/mol. The standard InChI is InChI=1S/C16H24N2O3/c1-5-10-18(12-16(20)17(2)3)11-14(19)13-8-6-7-9-15(13)21-4/h6-9H,5,10-12H2,1-4H3. The number of para-hydroxylation sites is 1. The summed E-state index contributed by atoms with van der Waals surface area (Å²) in [5.74, 6) is 0.529. The van der Waals surface area contributed by atoms with Gasteiger partial charge in [-0.2, -0.15) is 0 Å². The van der Waals surface area contributed by atoms with Crippen molar-refractivity contribution in [2.24, 2.45) is 0 Å². The van der Waals surface area contributed by atoms with Crippen LogP contribution in [0.15, 0.2) is 24.3 Å². The fraction of sp³-hybridized carbons (Fsp3) is 0.500. The van der Waals surface area contributed by atoms with Gasteiger partial charge in [0.15, 0.2) is 5.78 Å². The quantitative estimate of drug-likeness (QED) is 0.684. The van der Waals surface area contributed by atoms with Gasteiger partial charge in [-0.3, -0.25) is 14.5 Å². The number of benzene rings is 1. The molecule has 0 heterocycles. The van der Waals surface area contributed by atoms with Crippen molar-refractivity contribution in [1.82, 2.24) is 9.80 Å². The smallest absolute Gasteiger partial charge is 0.236 e. The van der Waals surface area contributed by atoms with Gasteiger partial charge in [0.25, 0.3) is 0 Å². The van der Waals surface area contributed by atoms with Crippen molar-refractivity contribution >= 4 is 11.7 Å². The number of ketones is 1. The molecule has 0 atom stereocenters. The molecule has 5 heteroatoms. The molecule has 5 nitrogen and oxygen atoms in total. The summed E-state index contributed by atoms with van der Waals surface area (Å²) in [6.45, 7) is 3.21. The highest BCUT2D eigenvalue weighted by Crippen LogP contribution is 2.18. The summed E-state index contributed by atoms with van der Waals surface area (Å²) in [6.07, 6.45) is 0.889. The van der Waals surface area contributed by atoms with Crippen LogP contribution in [-0.2, 0) is 4.79 Å². The largest absolute Gasteiger partial charge is 0.496 e. The number of nitrogens with zero attached hydrogens (tertiary/aromatic N) is 2. The highest BCUT2D eigenvalue weighted by atomic mass is 16.5. The summed E-state index contributed by atoms with van der Waals surface area (Å²) in [7, 11) is 4.98. The first-order chi connectivity index (χ1) is 9.99. The molecular weight excluding hydrogens is 268 g/mol. The molecule has 0 spiro atoms. The minimum absolute atomic E-state index is 0.00345. The molecule has 1 aromatic carbocycles. The second kappa shape index (κ2) is 8.42. The minimum Gasteiger partial charge on any atom is -0.496 e. The molecular formula is C16H24N2O3. The second-order valence-electron chi connectivity index (χ2n) is 5.12. The molecule has 21 heavy (non-hydrogen) atoms. The number of Topliss-reactive ketones (excluding diaryl/α,β-unsaturated/α-hetero) is 1. The van der Waals surface area contributed by atoms with Crippen molar-refractivity contribution in [3.63, 3.8) is 0 Å². The molecule has 0 radical (unpaired) electrons. The van der Waals surface area contributed by atoms with E-state index in [9.17, 15) is 9.59 Å². The Morgan fingerprint density at radius 3 is 2.38 bits per heavy atom. The fourth-order valence-electron chi connectivity index (χ4n) is 2.03. The Labute approximate surface area is 126 Å². The maximum atomic E-state index is 12.4. The van der Waals surface area contributed by atoms with Crippen LogP contribution >= 0.6 is 0 Å². The van der Waals surface area contributed by atoms with Crippen LogP contribution in [0.4, 0.5) is 0 Å². The Morgan fingerprint density at radius 1 is 1.14 bits per heavy atom. The molecule has 0 aliphatic heterocycles. The molecule has 1 amide bonds. The van der Waals surface area contributed by atoms with Crippen LogP contribution in [-0.4, -0.2) is 62.3 Å². The lowest BCUT2D eigenvalue weighted by atomic mass is 10.1. The van der Waals surface area contributed by atoms with E-state index in [4.69, 9.17) is 4.74 Å². The average Bonchev–Trinajstić information content (AvgIpc) is 2.47. The summed E-state index contributed by atoms with van der Waals surface area (Å²) < 4.78 is 5.21. The zero-order valence-corrected chi connectivity index (χ0v) is 13.3. The van der Waals surface area contributed by atoms with Gasteiger partial charge in [-0.05, 0) is 25.1 Å². The number of amides is 1. The summed E-state index contributed by atoms with van der Waals surface area (Å²) in [4.78, 5) is 27.6. The first kappa shape index (κ1) is 17.2. The minimum atomic E-state index is -0.0348. The number of hydrogen-bond donors (Lipinski definition) is 0. The summed E-state index contributed by atoms with van der Waals surface area (Å²) >= 11 is 0. The number of rotatable bonds is 8. The molecule has 0 aliphatic carbocycles. The molecule has 1 aromatic rings. The Bertz CT molecular complexity index is 486. The van der Waals surface area contributed by atoms with Crippen LogP contribution in [0.2, 0.25) is 0 Å². The van der Waals surface area contributed by atoms with E-state index in [0.717, 1.165) is 6.42 Å². The van der Waals surface area contributed by atoms with Crippen molar-refractivity contribution in [3.05, 3.63) is 29.8 Å². The van der Waals surface area contributed by atoms with E-state index in [1.54, 1.807) is 33.3 Å². The SMILES string of the molecule is CCCN(CC(=O)c1ccccc1OC)CC(=O)N(C)C. The molecule has 0 saturated heterocycles. The summed E-state index contributed by atoms with van der Waals surface area (Å²) in [6, 6.07) is 7.15. The third-order valence-corrected chi connectivity index (χ3v) is 3.17. The molecule has 1 rings (SSSR count). The van der Waals surface area contributed by atoms with Crippen LogP contribution in [0, 0.1) is 0 Å². The molecule has 0 saturated carbocycles. The molecule has 0 aliphatic rings. The average molecular weight is 292 g/mol. The number of carbonyl (C=O) groups excluding carboxylic acids is 2. The molecule has 0 N–H and O–H groups in total. The van der Waals surface area contributed by atoms with Crippen LogP contribution in [0.3, 0.4) is 0 Å². The highest BCUT2D eigenvalue weighted by molar-refractivity contribution is 6.00. The lowest BCUT2D eigenvalue weighted by molar-refractivity contribution is -0.129. The maximum absolute atomic E-state index is 12.4. The van der Waals surface area contributed by atoms with Crippen LogP contribution in [0.5, 0.6) is 5.75 Å². The predicted octanol–water partition coefficient (Wildman–Crippen LogP) is 1.68. The number of carbonyl (C=O) groups is 2. The summed E-state index contributed by atoms with van der Waals surface area (Å²) in [5, 5.41) is 0. The van der Waals surface area contributed by atoms with Crippen LogP contribution < -0.4 is 4.74 Å². The van der Waals surface area contributed by atoms with Crippen molar-refractivity contribution in [2.75, 3.05) is 40.8 Å². The first-order valence-corrected chi connectivity index (χ1v) is 7.08. The van der Waals surface area contributed by atoms with E-state index >= 15 is 0 Å². The van der Waals surface area contributed by atoms with Gasteiger partial charge in [0.2, 0.25) is 5.91 Å². The van der Waals surface area contributed by atoms with E-state index in [2.05, 4.69) is 0 Å². The number of hydrogen-bond acceptors (Lipinski definition) is 4. The van der Waals surface area contributed by atoms with Gasteiger partial charge >= 0.3 is 0 Å². The lowest BCUT2D eigenvalue weighted by Gasteiger charge is -2.22. The Hall–Kier alpha value is -1.88. The highest BCUT2D eigenvalue weighted by Gasteiger charge is 2.18. The van der Waals surface area contributed by atoms with Gasteiger partial charge in [-0.15, -0.1) is 0 Å². The molecule has 0 bridgehead atoms. The van der Waals surface area contributed by atoms with Gasteiger partial charge in [-0.25, -0.2) is 0 Å². The van der Waals surface area contributed by atoms with E-state index in [1.807, 2.05) is 24.0 Å². The van der Waals surface area contributed by atoms with Crippen molar-refractivity contribution in [3.8, 4) is 5.75 Å². The Kier molecular flexibility index (Phi) is 6.88. The van der Waals surface area contributed by atoms with Crippen LogP contribution in [0.25, 0.3) is 0 Å². The van der Waals surface area contributed by atoms with Gasteiger partial charge in [0, 0.05) is 14.1 Å². The zero-order chi connectivity index (χ0) is 15.8. The second-order valence-corrected chi connectivity index (χ2v) is 5.12. The Balaban J connectivity index is 2.78. The number of likely N-dealkylation sites (N-methyl/N-ethyl adjacent to an activating group) is 1. The van der Waals surface area contributed by atoms with Gasteiger partial charge in [0.1, 0.15) is 5.75 Å². The zero-order valence-electron chi connectivity index (χ0n) is 13.3.